The second kappa shape index (κ2) is 38.4. The molecule has 0 aliphatic carbocycles. The van der Waals surface area contributed by atoms with Gasteiger partial charge in [-0.25, -0.2) is 0 Å². The van der Waals surface area contributed by atoms with Crippen molar-refractivity contribution in [1.29, 1.82) is 0 Å². The quantitative estimate of drug-likeness (QED) is 0.0552. The van der Waals surface area contributed by atoms with Crippen LogP contribution >= 0.6 is 0 Å². The van der Waals surface area contributed by atoms with E-state index in [0.29, 0.717) is 0 Å². The maximum atomic E-state index is 2.66. The number of halogens is 1. The van der Waals surface area contributed by atoms with E-state index in [4.69, 9.17) is 0 Å². The maximum absolute atomic E-state index is 2.66. The summed E-state index contributed by atoms with van der Waals surface area (Å²) in [7, 11) is 0. The molecule has 1 aromatic carbocycles. The first-order valence-corrected chi connectivity index (χ1v) is 20.5. The number of hydrogen-bond acceptors (Lipinski definition) is 0. The van der Waals surface area contributed by atoms with Crippen LogP contribution in [0.1, 0.15) is 212 Å². The lowest BCUT2D eigenvalue weighted by molar-refractivity contribution is -0.705. The minimum absolute atomic E-state index is 0. The van der Waals surface area contributed by atoms with Crippen molar-refractivity contribution < 1.29 is 17.7 Å². The predicted molar refractivity (Wildman–Crippen MR) is 204 cm³/mol. The van der Waals surface area contributed by atoms with Crippen molar-refractivity contribution in [1.82, 2.24) is 0 Å². The number of quaternary nitrogens is 1. The van der Waals surface area contributed by atoms with Gasteiger partial charge in [-0.2, -0.15) is 0 Å². The zero-order chi connectivity index (χ0) is 32.1. The molecule has 0 aliphatic heterocycles. The monoisotopic (exact) mass is 658 g/mol. The minimum atomic E-state index is 0. The lowest BCUT2D eigenvalue weighted by atomic mass is 9.99. The summed E-state index contributed by atoms with van der Waals surface area (Å²) >= 11 is 0. The summed E-state index contributed by atoms with van der Waals surface area (Å²) in [5.74, 6) is 0. The Morgan fingerprint density at radius 3 is 1.13 bits per heavy atom. The fourth-order valence-corrected chi connectivity index (χ4v) is 6.60. The molecule has 0 heterocycles. The van der Waals surface area contributed by atoms with Gasteiger partial charge in [-0.3, -0.25) is 0 Å². The van der Waals surface area contributed by atoms with Crippen molar-refractivity contribution in [3.8, 4) is 0 Å². The highest BCUT2D eigenvalue weighted by molar-refractivity contribution is 5.13. The number of nitrogens with two attached hydrogens (primary N) is 1. The highest BCUT2D eigenvalue weighted by Gasteiger charge is 2.11. The first kappa shape index (κ1) is 45.0. The minimum Gasteiger partial charge on any atom is -1.00 e. The second-order valence-corrected chi connectivity index (χ2v) is 14.1. The fourth-order valence-electron chi connectivity index (χ4n) is 6.60. The highest BCUT2D eigenvalue weighted by Crippen LogP contribution is 2.15. The Balaban J connectivity index is 0.0000202. The first-order valence-electron chi connectivity index (χ1n) is 20.5. The van der Waals surface area contributed by atoms with Gasteiger partial charge in [-0.05, 0) is 77.0 Å². The van der Waals surface area contributed by atoms with Crippen LogP contribution in [-0.2, 0) is 6.54 Å². The third kappa shape index (κ3) is 32.9. The zero-order valence-corrected chi connectivity index (χ0v) is 31.9. The van der Waals surface area contributed by atoms with E-state index in [1.54, 1.807) is 0 Å². The van der Waals surface area contributed by atoms with Crippen LogP contribution in [0.3, 0.4) is 0 Å². The first-order chi connectivity index (χ1) is 22.4. The summed E-state index contributed by atoms with van der Waals surface area (Å²) in [6.45, 7) is 5.74. The van der Waals surface area contributed by atoms with Crippen molar-refractivity contribution in [2.75, 3.05) is 0 Å². The SMILES string of the molecule is CCCCCCCC/C=C\CCCCCCCCC(CCCCCCCC/C=C\CCCCCCCC)[NH2+]Cc1ccccc1.[Cl-]. The van der Waals surface area contributed by atoms with Gasteiger partial charge in [-0.1, -0.05) is 184 Å². The summed E-state index contributed by atoms with van der Waals surface area (Å²) in [4.78, 5) is 0. The molecule has 1 nitrogen and oxygen atoms in total. The summed E-state index contributed by atoms with van der Waals surface area (Å²) in [6, 6.07) is 11.9. The van der Waals surface area contributed by atoms with E-state index < -0.39 is 0 Å². The highest BCUT2D eigenvalue weighted by atomic mass is 35.5. The van der Waals surface area contributed by atoms with E-state index in [2.05, 4.69) is 73.8 Å². The normalized spacial score (nSPS) is 11.7. The molecule has 2 heteroatoms. The van der Waals surface area contributed by atoms with Gasteiger partial charge in [0.1, 0.15) is 6.54 Å². The summed E-state index contributed by atoms with van der Waals surface area (Å²) in [5.41, 5.74) is 1.48. The Kier molecular flexibility index (Phi) is 37.5. The van der Waals surface area contributed by atoms with Crippen LogP contribution in [0.5, 0.6) is 0 Å². The smallest absolute Gasteiger partial charge is 0.101 e. The van der Waals surface area contributed by atoms with Gasteiger partial charge in [-0.15, -0.1) is 0 Å². The molecule has 46 heavy (non-hydrogen) atoms. The van der Waals surface area contributed by atoms with Crippen LogP contribution in [-0.4, -0.2) is 6.04 Å². The molecule has 0 bridgehead atoms. The van der Waals surface area contributed by atoms with Gasteiger partial charge in [0, 0.05) is 5.56 Å². The third-order valence-electron chi connectivity index (χ3n) is 9.70. The third-order valence-corrected chi connectivity index (χ3v) is 9.70. The number of rotatable bonds is 35. The van der Waals surface area contributed by atoms with Crippen LogP contribution < -0.4 is 17.7 Å². The average molecular weight is 659 g/mol. The van der Waals surface area contributed by atoms with E-state index in [-0.39, 0.29) is 12.4 Å². The molecule has 0 atom stereocenters. The average Bonchev–Trinajstić information content (AvgIpc) is 3.06. The summed E-state index contributed by atoms with van der Waals surface area (Å²) in [5, 5.41) is 2.66. The van der Waals surface area contributed by atoms with Crippen LogP contribution in [0.2, 0.25) is 0 Å². The van der Waals surface area contributed by atoms with Gasteiger partial charge in [0.05, 0.1) is 6.04 Å². The van der Waals surface area contributed by atoms with Gasteiger partial charge in [0.15, 0.2) is 0 Å². The molecule has 0 spiro atoms. The lowest BCUT2D eigenvalue weighted by Crippen LogP contribution is -3.00. The largest absolute Gasteiger partial charge is 1.00 e. The zero-order valence-electron chi connectivity index (χ0n) is 31.1. The number of unbranched alkanes of at least 4 members (excludes halogenated alkanes) is 24. The predicted octanol–water partition coefficient (Wildman–Crippen LogP) is 11.0. The fraction of sp³-hybridized carbons (Fsp3) is 0.773. The Labute approximate surface area is 296 Å². The van der Waals surface area contributed by atoms with Gasteiger partial charge >= 0.3 is 0 Å². The molecule has 0 saturated heterocycles. The maximum Gasteiger partial charge on any atom is 0.101 e. The Bertz CT molecular complexity index is 700. The molecule has 1 aromatic rings. The topological polar surface area (TPSA) is 16.6 Å². The number of allylic oxidation sites excluding steroid dienone is 4. The molecular formula is C44H80ClN. The van der Waals surface area contributed by atoms with Crippen molar-refractivity contribution in [3.05, 3.63) is 60.2 Å². The molecule has 1 rings (SSSR count). The molecule has 268 valence electrons. The molecule has 0 saturated carbocycles. The van der Waals surface area contributed by atoms with Gasteiger partial charge in [0.2, 0.25) is 0 Å². The van der Waals surface area contributed by atoms with Gasteiger partial charge in [0.25, 0.3) is 0 Å². The Hall–Kier alpha value is -1.05. The van der Waals surface area contributed by atoms with Crippen LogP contribution in [0.25, 0.3) is 0 Å². The molecule has 0 aliphatic rings. The van der Waals surface area contributed by atoms with E-state index in [9.17, 15) is 0 Å². The van der Waals surface area contributed by atoms with Crippen LogP contribution in [0.4, 0.5) is 0 Å². The van der Waals surface area contributed by atoms with Gasteiger partial charge < -0.3 is 17.7 Å². The summed E-state index contributed by atoms with van der Waals surface area (Å²) in [6.07, 6.45) is 51.7. The second-order valence-electron chi connectivity index (χ2n) is 14.1. The molecular weight excluding hydrogens is 578 g/mol. The Morgan fingerprint density at radius 1 is 0.435 bits per heavy atom. The van der Waals surface area contributed by atoms with E-state index in [1.807, 2.05) is 0 Å². The molecule has 0 fully saturated rings. The van der Waals surface area contributed by atoms with Crippen LogP contribution in [0.15, 0.2) is 54.6 Å². The lowest BCUT2D eigenvalue weighted by Gasteiger charge is -2.16. The molecule has 0 amide bonds. The van der Waals surface area contributed by atoms with E-state index in [1.165, 1.54) is 198 Å². The molecule has 0 radical (unpaired) electrons. The standard InChI is InChI=1S/C44H79N.ClH/c1-3-5-7-9-11-13-15-17-19-21-23-25-27-29-31-36-40-44(45-42-43-38-34-33-35-39-43)41-37-32-30-28-26-24-22-20-18-16-14-12-10-8-6-4-2;/h17-20,33-35,38-39,44-45H,3-16,21-32,36-37,40-42H2,1-2H3;1H/b19-17-,20-18-;. The Morgan fingerprint density at radius 2 is 0.761 bits per heavy atom. The van der Waals surface area contributed by atoms with E-state index >= 15 is 0 Å². The van der Waals surface area contributed by atoms with Crippen molar-refractivity contribution in [3.63, 3.8) is 0 Å². The molecule has 0 unspecified atom stereocenters. The van der Waals surface area contributed by atoms with E-state index in [0.717, 1.165) is 12.6 Å². The molecule has 0 aromatic heterocycles. The molecule has 2 N–H and O–H groups in total. The van der Waals surface area contributed by atoms with Crippen LogP contribution in [0, 0.1) is 0 Å². The van der Waals surface area contributed by atoms with Crippen molar-refractivity contribution >= 4 is 0 Å². The van der Waals surface area contributed by atoms with Crippen molar-refractivity contribution in [2.45, 2.75) is 219 Å². The summed E-state index contributed by atoms with van der Waals surface area (Å²) < 4.78 is 0. The number of hydrogen-bond donors (Lipinski definition) is 1. The number of benzene rings is 1. The van der Waals surface area contributed by atoms with Crippen molar-refractivity contribution in [2.24, 2.45) is 0 Å².